The van der Waals surface area contributed by atoms with E-state index in [1.807, 2.05) is 0 Å². The Morgan fingerprint density at radius 1 is 0.236 bits per heavy atom. The number of hydrogen-bond donors (Lipinski definition) is 0. The highest BCUT2D eigenvalue weighted by Gasteiger charge is 2.47. The van der Waals surface area contributed by atoms with Gasteiger partial charge in [-0.05, 0) is 119 Å². The third-order valence-electron chi connectivity index (χ3n) is 14.8. The fraction of sp³-hybridized carbons (Fsp3) is 0.0141. The molecule has 0 radical (unpaired) electrons. The van der Waals surface area contributed by atoms with E-state index >= 15 is 0 Å². The van der Waals surface area contributed by atoms with Crippen LogP contribution in [0.25, 0.3) is 77.5 Å². The highest BCUT2D eigenvalue weighted by atomic mass is 15.1. The second kappa shape index (κ2) is 18.2. The van der Waals surface area contributed by atoms with Crippen molar-refractivity contribution in [1.82, 2.24) is 0 Å². The predicted octanol–water partition coefficient (Wildman–Crippen LogP) is 19.0. The van der Waals surface area contributed by atoms with Crippen LogP contribution in [0.4, 0.5) is 17.1 Å². The van der Waals surface area contributed by atoms with Crippen LogP contribution in [0, 0.1) is 0 Å². The van der Waals surface area contributed by atoms with Crippen molar-refractivity contribution < 1.29 is 0 Å². The number of fused-ring (bicyclic) bond motifs is 4. The smallest absolute Gasteiger partial charge is 0.0714 e. The van der Waals surface area contributed by atoms with E-state index < -0.39 is 5.41 Å². The Kier molecular flexibility index (Phi) is 10.8. The van der Waals surface area contributed by atoms with Gasteiger partial charge in [0.1, 0.15) is 0 Å². The Morgan fingerprint density at radius 2 is 0.667 bits per heavy atom. The van der Waals surface area contributed by atoms with Crippen LogP contribution in [-0.2, 0) is 5.41 Å². The van der Waals surface area contributed by atoms with Gasteiger partial charge in [-0.1, -0.05) is 267 Å². The fourth-order valence-corrected chi connectivity index (χ4v) is 11.5. The summed E-state index contributed by atoms with van der Waals surface area (Å²) < 4.78 is 0. The lowest BCUT2D eigenvalue weighted by Gasteiger charge is -2.34. The SMILES string of the molecule is c1ccc(-c2ccccc2-c2ccccc2-c2ccccc2N(c2ccc(-c3ccc(-c4ccc5ccccc5c4)cc3)cc2)c2cccc3c2-c2ccccc2C3(c2ccccc2)c2ccccc2)cc1. The van der Waals surface area contributed by atoms with Crippen molar-refractivity contribution in [2.24, 2.45) is 0 Å². The van der Waals surface area contributed by atoms with Crippen molar-refractivity contribution in [2.45, 2.75) is 5.41 Å². The van der Waals surface area contributed by atoms with Gasteiger partial charge in [-0.3, -0.25) is 0 Å². The number of hydrogen-bond acceptors (Lipinski definition) is 1. The Hall–Kier alpha value is -9.30. The monoisotopic (exact) mass is 915 g/mol. The van der Waals surface area contributed by atoms with Crippen molar-refractivity contribution in [2.75, 3.05) is 4.90 Å². The first-order valence-corrected chi connectivity index (χ1v) is 24.9. The summed E-state index contributed by atoms with van der Waals surface area (Å²) in [6.45, 7) is 0. The lowest BCUT2D eigenvalue weighted by atomic mass is 9.68. The molecular weight excluding hydrogens is 867 g/mol. The first-order valence-electron chi connectivity index (χ1n) is 24.9. The van der Waals surface area contributed by atoms with Crippen molar-refractivity contribution in [3.63, 3.8) is 0 Å². The summed E-state index contributed by atoms with van der Waals surface area (Å²) in [6, 6.07) is 109. The van der Waals surface area contributed by atoms with Crippen molar-refractivity contribution in [3.8, 4) is 66.8 Å². The lowest BCUT2D eigenvalue weighted by Crippen LogP contribution is -2.28. The Balaban J connectivity index is 1.01. The van der Waals surface area contributed by atoms with Gasteiger partial charge in [-0.25, -0.2) is 0 Å². The van der Waals surface area contributed by atoms with E-state index in [9.17, 15) is 0 Å². The summed E-state index contributed by atoms with van der Waals surface area (Å²) in [4.78, 5) is 2.52. The average molecular weight is 916 g/mol. The molecule has 12 aromatic rings. The Morgan fingerprint density at radius 3 is 1.32 bits per heavy atom. The molecule has 0 aliphatic heterocycles. The third kappa shape index (κ3) is 7.25. The minimum Gasteiger partial charge on any atom is -0.309 e. The molecule has 0 unspecified atom stereocenters. The zero-order chi connectivity index (χ0) is 47.8. The Labute approximate surface area is 422 Å². The summed E-state index contributed by atoms with van der Waals surface area (Å²) in [5.74, 6) is 0. The summed E-state index contributed by atoms with van der Waals surface area (Å²) in [6.07, 6.45) is 0. The van der Waals surface area contributed by atoms with E-state index in [1.165, 1.54) is 88.7 Å². The fourth-order valence-electron chi connectivity index (χ4n) is 11.5. The van der Waals surface area contributed by atoms with E-state index in [1.54, 1.807) is 0 Å². The molecule has 0 fully saturated rings. The van der Waals surface area contributed by atoms with E-state index in [-0.39, 0.29) is 0 Å². The van der Waals surface area contributed by atoms with Crippen molar-refractivity contribution >= 4 is 27.8 Å². The highest BCUT2D eigenvalue weighted by molar-refractivity contribution is 6.02. The second-order valence-corrected chi connectivity index (χ2v) is 18.7. The summed E-state index contributed by atoms with van der Waals surface area (Å²) in [5, 5.41) is 2.50. The van der Waals surface area contributed by atoms with Gasteiger partial charge in [0.05, 0.1) is 16.8 Å². The molecule has 1 heteroatoms. The van der Waals surface area contributed by atoms with Crippen LogP contribution < -0.4 is 4.90 Å². The molecule has 1 aliphatic rings. The number of nitrogens with zero attached hydrogens (tertiary/aromatic N) is 1. The third-order valence-corrected chi connectivity index (χ3v) is 14.8. The van der Waals surface area contributed by atoms with Crippen LogP contribution in [0.3, 0.4) is 0 Å². The first kappa shape index (κ1) is 42.8. The zero-order valence-corrected chi connectivity index (χ0v) is 39.7. The van der Waals surface area contributed by atoms with Gasteiger partial charge < -0.3 is 4.90 Å². The molecule has 0 saturated carbocycles. The molecule has 338 valence electrons. The maximum atomic E-state index is 2.52. The molecule has 0 spiro atoms. The maximum Gasteiger partial charge on any atom is 0.0714 e. The van der Waals surface area contributed by atoms with Gasteiger partial charge in [0.15, 0.2) is 0 Å². The lowest BCUT2D eigenvalue weighted by molar-refractivity contribution is 0.768. The number of rotatable bonds is 10. The van der Waals surface area contributed by atoms with Gasteiger partial charge in [0.2, 0.25) is 0 Å². The van der Waals surface area contributed by atoms with E-state index in [2.05, 4.69) is 302 Å². The van der Waals surface area contributed by atoms with Crippen molar-refractivity contribution in [3.05, 3.63) is 320 Å². The van der Waals surface area contributed by atoms with Gasteiger partial charge in [0, 0.05) is 16.8 Å². The molecule has 0 saturated heterocycles. The molecule has 0 atom stereocenters. The summed E-state index contributed by atoms with van der Waals surface area (Å²) in [7, 11) is 0. The number of anilines is 3. The Bertz CT molecular complexity index is 3850. The topological polar surface area (TPSA) is 3.24 Å². The normalized spacial score (nSPS) is 12.3. The van der Waals surface area contributed by atoms with Crippen molar-refractivity contribution in [1.29, 1.82) is 0 Å². The van der Waals surface area contributed by atoms with Gasteiger partial charge in [0.25, 0.3) is 0 Å². The number of benzene rings is 12. The molecule has 0 N–H and O–H groups in total. The molecule has 1 nitrogen and oxygen atoms in total. The molecule has 0 bridgehead atoms. The largest absolute Gasteiger partial charge is 0.309 e. The molecular formula is C71H49N. The van der Waals surface area contributed by atoms with E-state index in [0.717, 1.165) is 28.2 Å². The minimum atomic E-state index is -0.549. The standard InChI is InChI=1S/C71H49N/c1-4-22-54(23-5-1)60-29-12-13-30-61(60)62-31-14-15-32-63(62)64-33-17-19-37-68(64)72(59-47-45-52(46-48-59)51-39-41-53(42-40-51)56-44-43-50-21-10-11-24-55(50)49-56)69-38-20-36-67-70(69)65-34-16-18-35-66(65)71(67,57-25-6-2-7-26-57)58-27-8-3-9-28-58/h1-49H. The molecule has 0 heterocycles. The van der Waals surface area contributed by atoms with Gasteiger partial charge >= 0.3 is 0 Å². The summed E-state index contributed by atoms with van der Waals surface area (Å²) >= 11 is 0. The average Bonchev–Trinajstić information content (AvgIpc) is 3.78. The molecule has 72 heavy (non-hydrogen) atoms. The van der Waals surface area contributed by atoms with Crippen LogP contribution in [0.15, 0.2) is 297 Å². The molecule has 12 aromatic carbocycles. The van der Waals surface area contributed by atoms with E-state index in [0.29, 0.717) is 0 Å². The van der Waals surface area contributed by atoms with Gasteiger partial charge in [-0.2, -0.15) is 0 Å². The molecule has 13 rings (SSSR count). The van der Waals surface area contributed by atoms with Crippen LogP contribution in [0.1, 0.15) is 22.3 Å². The highest BCUT2D eigenvalue weighted by Crippen LogP contribution is 2.60. The van der Waals surface area contributed by atoms with E-state index in [4.69, 9.17) is 0 Å². The van der Waals surface area contributed by atoms with Crippen LogP contribution in [-0.4, -0.2) is 0 Å². The predicted molar refractivity (Wildman–Crippen MR) is 303 cm³/mol. The first-order chi connectivity index (χ1) is 35.7. The molecule has 0 amide bonds. The van der Waals surface area contributed by atoms with Gasteiger partial charge in [-0.15, -0.1) is 0 Å². The zero-order valence-electron chi connectivity index (χ0n) is 39.7. The quantitative estimate of drug-likeness (QED) is 0.132. The second-order valence-electron chi connectivity index (χ2n) is 18.7. The maximum absolute atomic E-state index is 2.52. The molecule has 1 aliphatic carbocycles. The van der Waals surface area contributed by atoms with Crippen LogP contribution in [0.5, 0.6) is 0 Å². The molecule has 0 aromatic heterocycles. The number of para-hydroxylation sites is 1. The van der Waals surface area contributed by atoms with Crippen LogP contribution in [0.2, 0.25) is 0 Å². The minimum absolute atomic E-state index is 0.549. The van der Waals surface area contributed by atoms with Crippen LogP contribution >= 0.6 is 0 Å². The summed E-state index contributed by atoms with van der Waals surface area (Å²) in [5.41, 5.74) is 22.1.